The van der Waals surface area contributed by atoms with Crippen LogP contribution in [0.15, 0.2) is 28.7 Å². The second kappa shape index (κ2) is 5.21. The number of rotatable bonds is 1. The molecular formula is C16H18BrN5. The minimum absolute atomic E-state index is 0.950. The molecule has 0 spiro atoms. The molecule has 3 heterocycles. The number of aryl methyl sites for hydroxylation is 1. The average Bonchev–Trinajstić information content (AvgIpc) is 2.89. The molecule has 1 aliphatic rings. The number of halogens is 1. The summed E-state index contributed by atoms with van der Waals surface area (Å²) in [6.45, 7) is 6.12. The van der Waals surface area contributed by atoms with Crippen LogP contribution in [-0.2, 0) is 0 Å². The van der Waals surface area contributed by atoms with Crippen LogP contribution in [0.5, 0.6) is 0 Å². The molecular weight excluding hydrogens is 342 g/mol. The lowest BCUT2D eigenvalue weighted by Gasteiger charge is -2.33. The van der Waals surface area contributed by atoms with Crippen molar-refractivity contribution in [3.05, 3.63) is 34.4 Å². The molecule has 0 radical (unpaired) electrons. The van der Waals surface area contributed by atoms with E-state index in [9.17, 15) is 0 Å². The van der Waals surface area contributed by atoms with E-state index in [1.807, 2.05) is 17.5 Å². The Balaban J connectivity index is 1.94. The molecule has 0 bridgehead atoms. The Morgan fingerprint density at radius 2 is 1.86 bits per heavy atom. The molecule has 1 fully saturated rings. The van der Waals surface area contributed by atoms with Crippen LogP contribution in [0, 0.1) is 6.92 Å². The van der Waals surface area contributed by atoms with Crippen LogP contribution >= 0.6 is 15.9 Å². The third-order valence-electron chi connectivity index (χ3n) is 4.26. The Labute approximate surface area is 137 Å². The van der Waals surface area contributed by atoms with Crippen molar-refractivity contribution in [1.29, 1.82) is 0 Å². The van der Waals surface area contributed by atoms with Crippen LogP contribution in [0.4, 0.5) is 5.95 Å². The highest BCUT2D eigenvalue weighted by Crippen LogP contribution is 2.27. The van der Waals surface area contributed by atoms with Crippen LogP contribution in [-0.4, -0.2) is 52.7 Å². The van der Waals surface area contributed by atoms with Gasteiger partial charge in [-0.15, -0.1) is 0 Å². The van der Waals surface area contributed by atoms with Crippen LogP contribution in [0.1, 0.15) is 5.69 Å². The number of aromatic nitrogens is 3. The Kier molecular flexibility index (Phi) is 3.31. The van der Waals surface area contributed by atoms with Crippen LogP contribution in [0.2, 0.25) is 0 Å². The second-order valence-corrected chi connectivity index (χ2v) is 6.86. The zero-order valence-corrected chi connectivity index (χ0v) is 14.3. The van der Waals surface area contributed by atoms with Gasteiger partial charge in [0.1, 0.15) is 0 Å². The average molecular weight is 360 g/mol. The summed E-state index contributed by atoms with van der Waals surface area (Å²) in [5, 5.41) is 5.80. The third-order valence-corrected chi connectivity index (χ3v) is 4.76. The van der Waals surface area contributed by atoms with E-state index in [2.05, 4.69) is 56.1 Å². The minimum atomic E-state index is 0.950. The number of hydrogen-bond donors (Lipinski definition) is 0. The molecule has 0 atom stereocenters. The van der Waals surface area contributed by atoms with Gasteiger partial charge in [-0.05, 0) is 38.2 Å². The van der Waals surface area contributed by atoms with E-state index in [-0.39, 0.29) is 0 Å². The Morgan fingerprint density at radius 1 is 1.09 bits per heavy atom. The first-order chi connectivity index (χ1) is 10.6. The number of likely N-dealkylation sites (N-methyl/N-ethyl adjacent to an activating group) is 1. The van der Waals surface area contributed by atoms with Crippen LogP contribution < -0.4 is 4.90 Å². The molecule has 1 saturated heterocycles. The molecule has 0 unspecified atom stereocenters. The summed E-state index contributed by atoms with van der Waals surface area (Å²) >= 11 is 3.55. The van der Waals surface area contributed by atoms with Gasteiger partial charge in [-0.25, -0.2) is 4.98 Å². The van der Waals surface area contributed by atoms with Gasteiger partial charge in [-0.1, -0.05) is 15.9 Å². The van der Waals surface area contributed by atoms with Gasteiger partial charge < -0.3 is 9.80 Å². The van der Waals surface area contributed by atoms with E-state index in [4.69, 9.17) is 4.98 Å². The monoisotopic (exact) mass is 359 g/mol. The molecule has 2 aromatic heterocycles. The van der Waals surface area contributed by atoms with E-state index < -0.39 is 0 Å². The maximum Gasteiger partial charge on any atom is 0.227 e. The smallest absolute Gasteiger partial charge is 0.227 e. The third kappa shape index (κ3) is 2.27. The van der Waals surface area contributed by atoms with Crippen molar-refractivity contribution < 1.29 is 0 Å². The second-order valence-electron chi connectivity index (χ2n) is 5.95. The predicted octanol–water partition coefficient (Wildman–Crippen LogP) is 2.71. The summed E-state index contributed by atoms with van der Waals surface area (Å²) in [6.07, 6.45) is 0. The lowest BCUT2D eigenvalue weighted by atomic mass is 10.2. The first-order valence-corrected chi connectivity index (χ1v) is 8.30. The molecule has 114 valence electrons. The van der Waals surface area contributed by atoms with Crippen molar-refractivity contribution >= 4 is 38.3 Å². The van der Waals surface area contributed by atoms with Crippen molar-refractivity contribution in [2.45, 2.75) is 6.92 Å². The van der Waals surface area contributed by atoms with Gasteiger partial charge in [0, 0.05) is 36.0 Å². The molecule has 1 aromatic carbocycles. The highest BCUT2D eigenvalue weighted by atomic mass is 79.9. The van der Waals surface area contributed by atoms with E-state index in [0.717, 1.165) is 58.7 Å². The minimum Gasteiger partial charge on any atom is -0.338 e. The Bertz CT molecular complexity index is 848. The lowest BCUT2D eigenvalue weighted by molar-refractivity contribution is 0.310. The molecule has 1 aliphatic heterocycles. The summed E-state index contributed by atoms with van der Waals surface area (Å²) in [5.41, 5.74) is 3.16. The molecule has 3 aromatic rings. The van der Waals surface area contributed by atoms with E-state index in [1.165, 1.54) is 0 Å². The summed E-state index contributed by atoms with van der Waals surface area (Å²) in [4.78, 5) is 9.58. The Hall–Kier alpha value is -1.66. The summed E-state index contributed by atoms with van der Waals surface area (Å²) < 4.78 is 3.06. The summed E-state index contributed by atoms with van der Waals surface area (Å²) in [5.74, 6) is 0.950. The number of nitrogens with zero attached hydrogens (tertiary/aromatic N) is 5. The zero-order valence-electron chi connectivity index (χ0n) is 12.8. The standard InChI is InChI=1S/C16H18BrN5/c1-11-9-15-13-10-12(17)3-4-14(13)18-16(22(15)19-11)21-7-5-20(2)6-8-21/h3-4,9-10H,5-8H2,1-2H3. The van der Waals surface area contributed by atoms with Crippen molar-refractivity contribution in [3.8, 4) is 0 Å². The lowest BCUT2D eigenvalue weighted by Crippen LogP contribution is -2.45. The maximum atomic E-state index is 4.89. The van der Waals surface area contributed by atoms with Gasteiger partial charge in [0.25, 0.3) is 0 Å². The SMILES string of the molecule is Cc1cc2c3cc(Br)ccc3nc(N3CCN(C)CC3)n2n1. The fourth-order valence-corrected chi connectivity index (χ4v) is 3.38. The number of piperazine rings is 1. The number of fused-ring (bicyclic) bond motifs is 3. The van der Waals surface area contributed by atoms with Gasteiger partial charge >= 0.3 is 0 Å². The summed E-state index contributed by atoms with van der Waals surface area (Å²) in [6, 6.07) is 8.37. The molecule has 0 aliphatic carbocycles. The largest absolute Gasteiger partial charge is 0.338 e. The molecule has 4 rings (SSSR count). The molecule has 0 N–H and O–H groups in total. The van der Waals surface area contributed by atoms with Crippen LogP contribution in [0.3, 0.4) is 0 Å². The number of hydrogen-bond acceptors (Lipinski definition) is 4. The Morgan fingerprint density at radius 3 is 2.64 bits per heavy atom. The van der Waals surface area contributed by atoms with E-state index in [1.54, 1.807) is 0 Å². The number of anilines is 1. The fraction of sp³-hybridized carbons (Fsp3) is 0.375. The van der Waals surface area contributed by atoms with E-state index in [0.29, 0.717) is 0 Å². The zero-order chi connectivity index (χ0) is 15.3. The highest BCUT2D eigenvalue weighted by molar-refractivity contribution is 9.10. The number of benzene rings is 1. The molecule has 22 heavy (non-hydrogen) atoms. The van der Waals surface area contributed by atoms with Crippen molar-refractivity contribution in [2.24, 2.45) is 0 Å². The molecule has 0 saturated carbocycles. The van der Waals surface area contributed by atoms with Crippen LogP contribution in [0.25, 0.3) is 16.4 Å². The maximum absolute atomic E-state index is 4.89. The van der Waals surface area contributed by atoms with Gasteiger partial charge in [-0.2, -0.15) is 9.61 Å². The van der Waals surface area contributed by atoms with Gasteiger partial charge in [0.2, 0.25) is 5.95 Å². The van der Waals surface area contributed by atoms with Gasteiger partial charge in [0.05, 0.1) is 16.7 Å². The first kappa shape index (κ1) is 14.0. The first-order valence-electron chi connectivity index (χ1n) is 7.51. The van der Waals surface area contributed by atoms with Crippen molar-refractivity contribution in [3.63, 3.8) is 0 Å². The summed E-state index contributed by atoms with van der Waals surface area (Å²) in [7, 11) is 2.16. The topological polar surface area (TPSA) is 36.7 Å². The van der Waals surface area contributed by atoms with Gasteiger partial charge in [0.15, 0.2) is 0 Å². The fourth-order valence-electron chi connectivity index (χ4n) is 3.02. The quantitative estimate of drug-likeness (QED) is 0.669. The highest BCUT2D eigenvalue weighted by Gasteiger charge is 2.20. The van der Waals surface area contributed by atoms with Crippen molar-refractivity contribution in [1.82, 2.24) is 19.5 Å². The molecule has 0 amide bonds. The molecule has 6 heteroatoms. The van der Waals surface area contributed by atoms with Gasteiger partial charge in [-0.3, -0.25) is 0 Å². The normalized spacial score (nSPS) is 16.8. The van der Waals surface area contributed by atoms with E-state index >= 15 is 0 Å². The predicted molar refractivity (Wildman–Crippen MR) is 92.6 cm³/mol. The molecule has 5 nitrogen and oxygen atoms in total. The van der Waals surface area contributed by atoms with Crippen molar-refractivity contribution in [2.75, 3.05) is 38.1 Å².